The predicted molar refractivity (Wildman–Crippen MR) is 129 cm³/mol. The summed E-state index contributed by atoms with van der Waals surface area (Å²) < 4.78 is 10.7. The summed E-state index contributed by atoms with van der Waals surface area (Å²) in [5.41, 5.74) is 1.46. The number of methoxy groups -OCH3 is 1. The van der Waals surface area contributed by atoms with Crippen LogP contribution in [0, 0.1) is 0 Å². The molecule has 1 unspecified atom stereocenters. The van der Waals surface area contributed by atoms with Gasteiger partial charge < -0.3 is 19.6 Å². The van der Waals surface area contributed by atoms with Crippen LogP contribution in [0.1, 0.15) is 18.9 Å². The number of benzene rings is 3. The third-order valence-corrected chi connectivity index (χ3v) is 5.64. The zero-order valence-corrected chi connectivity index (χ0v) is 19.1. The highest BCUT2D eigenvalue weighted by atomic mass is 16.7. The number of ether oxygens (including phenoxy) is 2. The number of rotatable bonds is 7. The largest absolute Gasteiger partial charge is 0.482 e. The smallest absolute Gasteiger partial charge is 0.415 e. The summed E-state index contributed by atoms with van der Waals surface area (Å²) in [6.07, 6.45) is -0.454. The van der Waals surface area contributed by atoms with Crippen LogP contribution in [0.3, 0.4) is 0 Å². The molecule has 8 heteroatoms. The molecule has 8 nitrogen and oxygen atoms in total. The third kappa shape index (κ3) is 5.28. The van der Waals surface area contributed by atoms with E-state index in [2.05, 4.69) is 10.5 Å². The Labute approximate surface area is 198 Å². The minimum Gasteiger partial charge on any atom is -0.482 e. The summed E-state index contributed by atoms with van der Waals surface area (Å²) in [7, 11) is 1.52. The van der Waals surface area contributed by atoms with Crippen molar-refractivity contribution < 1.29 is 23.9 Å². The van der Waals surface area contributed by atoms with Gasteiger partial charge in [-0.1, -0.05) is 71.9 Å². The second kappa shape index (κ2) is 10.7. The number of carbonyl (C=O) groups excluding carboxylic acids is 2. The molecule has 0 spiro atoms. The Morgan fingerprint density at radius 1 is 1.09 bits per heavy atom. The number of hydrogen-bond donors (Lipinski definition) is 1. The molecule has 0 saturated carbocycles. The molecule has 2 atom stereocenters. The lowest BCUT2D eigenvalue weighted by Gasteiger charge is -2.29. The van der Waals surface area contributed by atoms with E-state index in [1.54, 1.807) is 6.92 Å². The van der Waals surface area contributed by atoms with Gasteiger partial charge in [-0.05, 0) is 23.9 Å². The standard InChI is InChI=1S/C26H27N3O5/c1-18(25(30)27-16-21-15-24(32-2)28-34-21)29(26(31)33-17-19-9-4-3-5-10-19)23-14-8-12-20-11-6-7-13-22(20)23/h3-14,18,21H,15-17H2,1-2H3,(H,27,30)/t18-,21?/m0/s1. The van der Waals surface area contributed by atoms with Crippen molar-refractivity contribution in [3.8, 4) is 0 Å². The van der Waals surface area contributed by atoms with Crippen LogP contribution >= 0.6 is 0 Å². The number of fused-ring (bicyclic) bond motifs is 1. The molecule has 34 heavy (non-hydrogen) atoms. The van der Waals surface area contributed by atoms with Gasteiger partial charge in [-0.25, -0.2) is 4.79 Å². The molecule has 1 N–H and O–H groups in total. The summed E-state index contributed by atoms with van der Waals surface area (Å²) in [5.74, 6) is 0.147. The predicted octanol–water partition coefficient (Wildman–Crippen LogP) is 4.24. The van der Waals surface area contributed by atoms with Crippen LogP contribution in [-0.4, -0.2) is 43.7 Å². The highest BCUT2D eigenvalue weighted by Crippen LogP contribution is 2.29. The van der Waals surface area contributed by atoms with Gasteiger partial charge in [0.25, 0.3) is 0 Å². The number of nitrogens with one attached hydrogen (secondary N) is 1. The minimum atomic E-state index is -0.835. The van der Waals surface area contributed by atoms with Crippen LogP contribution in [0.25, 0.3) is 10.8 Å². The van der Waals surface area contributed by atoms with E-state index < -0.39 is 12.1 Å². The molecule has 3 aromatic carbocycles. The maximum absolute atomic E-state index is 13.3. The van der Waals surface area contributed by atoms with Gasteiger partial charge in [0, 0.05) is 5.39 Å². The lowest BCUT2D eigenvalue weighted by molar-refractivity contribution is -0.122. The van der Waals surface area contributed by atoms with Gasteiger partial charge >= 0.3 is 6.09 Å². The molecule has 176 valence electrons. The number of oxime groups is 1. The molecule has 0 aliphatic carbocycles. The zero-order chi connectivity index (χ0) is 23.9. The van der Waals surface area contributed by atoms with Gasteiger partial charge in [0.1, 0.15) is 12.6 Å². The van der Waals surface area contributed by atoms with Gasteiger partial charge in [-0.2, -0.15) is 0 Å². The highest BCUT2D eigenvalue weighted by molar-refractivity contribution is 6.05. The molecule has 1 aliphatic rings. The molecule has 0 saturated heterocycles. The molecule has 0 radical (unpaired) electrons. The monoisotopic (exact) mass is 461 g/mol. The van der Waals surface area contributed by atoms with E-state index in [-0.39, 0.29) is 25.2 Å². The molecular formula is C26H27N3O5. The van der Waals surface area contributed by atoms with Crippen LogP contribution in [0.4, 0.5) is 10.5 Å². The zero-order valence-electron chi connectivity index (χ0n) is 19.1. The molecule has 0 fully saturated rings. The second-order valence-electron chi connectivity index (χ2n) is 7.95. The number of nitrogens with zero attached hydrogens (tertiary/aromatic N) is 2. The molecule has 0 bridgehead atoms. The van der Waals surface area contributed by atoms with Crippen molar-refractivity contribution in [3.63, 3.8) is 0 Å². The van der Waals surface area contributed by atoms with Crippen molar-refractivity contribution in [2.24, 2.45) is 5.16 Å². The fourth-order valence-electron chi connectivity index (χ4n) is 3.78. The van der Waals surface area contributed by atoms with E-state index in [0.29, 0.717) is 18.0 Å². The number of hydrogen-bond acceptors (Lipinski definition) is 6. The third-order valence-electron chi connectivity index (χ3n) is 5.64. The highest BCUT2D eigenvalue weighted by Gasteiger charge is 2.31. The normalized spacial score (nSPS) is 15.7. The average Bonchev–Trinajstić information content (AvgIpc) is 3.35. The molecule has 1 aliphatic heterocycles. The Balaban J connectivity index is 1.54. The van der Waals surface area contributed by atoms with E-state index in [0.717, 1.165) is 16.3 Å². The first-order valence-electron chi connectivity index (χ1n) is 11.1. The molecule has 3 aromatic rings. The van der Waals surface area contributed by atoms with E-state index in [1.807, 2.05) is 72.8 Å². The number of anilines is 1. The van der Waals surface area contributed by atoms with Crippen molar-refractivity contribution in [3.05, 3.63) is 78.4 Å². The average molecular weight is 462 g/mol. The topological polar surface area (TPSA) is 89.5 Å². The Kier molecular flexibility index (Phi) is 7.27. The van der Waals surface area contributed by atoms with Gasteiger partial charge in [0.15, 0.2) is 6.10 Å². The first-order valence-corrected chi connectivity index (χ1v) is 11.1. The van der Waals surface area contributed by atoms with E-state index >= 15 is 0 Å². The van der Waals surface area contributed by atoms with Crippen molar-refractivity contribution >= 4 is 34.4 Å². The van der Waals surface area contributed by atoms with Crippen molar-refractivity contribution in [1.82, 2.24) is 5.32 Å². The van der Waals surface area contributed by atoms with Crippen molar-refractivity contribution in [2.75, 3.05) is 18.6 Å². The van der Waals surface area contributed by atoms with Gasteiger partial charge in [-0.3, -0.25) is 9.69 Å². The summed E-state index contributed by atoms with van der Waals surface area (Å²) in [4.78, 5) is 33.1. The van der Waals surface area contributed by atoms with Gasteiger partial charge in [-0.15, -0.1) is 0 Å². The Hall–Kier alpha value is -4.07. The molecule has 2 amide bonds. The molecule has 0 aromatic heterocycles. The van der Waals surface area contributed by atoms with Crippen molar-refractivity contribution in [2.45, 2.75) is 32.1 Å². The Morgan fingerprint density at radius 2 is 1.82 bits per heavy atom. The summed E-state index contributed by atoms with van der Waals surface area (Å²) in [5, 5.41) is 8.47. The van der Waals surface area contributed by atoms with Crippen LogP contribution in [0.15, 0.2) is 78.0 Å². The lowest BCUT2D eigenvalue weighted by Crippen LogP contribution is -2.49. The first kappa shape index (κ1) is 23.1. The van der Waals surface area contributed by atoms with Crippen LogP contribution < -0.4 is 10.2 Å². The molecule has 1 heterocycles. The maximum atomic E-state index is 13.3. The summed E-state index contributed by atoms with van der Waals surface area (Å²) >= 11 is 0. The Bertz CT molecular complexity index is 1180. The fourth-order valence-corrected chi connectivity index (χ4v) is 3.78. The fraction of sp³-hybridized carbons (Fsp3) is 0.269. The van der Waals surface area contributed by atoms with E-state index in [9.17, 15) is 9.59 Å². The number of carbonyl (C=O) groups is 2. The second-order valence-corrected chi connectivity index (χ2v) is 7.95. The molecular weight excluding hydrogens is 434 g/mol. The summed E-state index contributed by atoms with van der Waals surface area (Å²) in [6, 6.07) is 21.9. The van der Waals surface area contributed by atoms with Crippen LogP contribution in [0.2, 0.25) is 0 Å². The minimum absolute atomic E-state index is 0.0995. The SMILES string of the molecule is COC1=NOC(CNC(=O)[C@H](C)N(C(=O)OCc2ccccc2)c2cccc3ccccc23)C1. The molecule has 4 rings (SSSR count). The van der Waals surface area contributed by atoms with Gasteiger partial charge in [0.2, 0.25) is 11.8 Å². The maximum Gasteiger partial charge on any atom is 0.415 e. The van der Waals surface area contributed by atoms with E-state index in [4.69, 9.17) is 14.3 Å². The van der Waals surface area contributed by atoms with Crippen LogP contribution in [-0.2, 0) is 25.7 Å². The van der Waals surface area contributed by atoms with Crippen LogP contribution in [0.5, 0.6) is 0 Å². The van der Waals surface area contributed by atoms with E-state index in [1.165, 1.54) is 12.0 Å². The van der Waals surface area contributed by atoms with Gasteiger partial charge in [0.05, 0.1) is 25.8 Å². The number of amides is 2. The lowest BCUT2D eigenvalue weighted by atomic mass is 10.1. The quantitative estimate of drug-likeness (QED) is 0.569. The van der Waals surface area contributed by atoms with Crippen molar-refractivity contribution in [1.29, 1.82) is 0 Å². The summed E-state index contributed by atoms with van der Waals surface area (Å²) in [6.45, 7) is 2.01. The Morgan fingerprint density at radius 3 is 2.59 bits per heavy atom. The first-order chi connectivity index (χ1) is 16.6.